The topological polar surface area (TPSA) is 64.3 Å². The van der Waals surface area contributed by atoms with Crippen molar-refractivity contribution < 1.29 is 13.9 Å². The molecule has 0 saturated carbocycles. The van der Waals surface area contributed by atoms with Crippen molar-refractivity contribution in [3.63, 3.8) is 0 Å². The Morgan fingerprint density at radius 1 is 1.25 bits per heavy atom. The normalized spacial score (nSPS) is 12.7. The molecule has 1 aliphatic rings. The summed E-state index contributed by atoms with van der Waals surface area (Å²) >= 11 is 0. The van der Waals surface area contributed by atoms with Crippen molar-refractivity contribution in [3.8, 4) is 5.75 Å². The van der Waals surface area contributed by atoms with Crippen LogP contribution in [0.5, 0.6) is 5.75 Å². The molecule has 4 nitrogen and oxygen atoms in total. The Balaban J connectivity index is 1.80. The first-order valence-electron chi connectivity index (χ1n) is 6.25. The Kier molecular flexibility index (Phi) is 3.02. The molecule has 0 atom stereocenters. The van der Waals surface area contributed by atoms with Gasteiger partial charge in [-0.25, -0.2) is 4.39 Å². The second-order valence-corrected chi connectivity index (χ2v) is 4.61. The van der Waals surface area contributed by atoms with E-state index < -0.39 is 5.82 Å². The van der Waals surface area contributed by atoms with Crippen LogP contribution in [-0.2, 0) is 6.42 Å². The van der Waals surface area contributed by atoms with Crippen LogP contribution in [0.3, 0.4) is 0 Å². The molecular formula is C15H13FN2O2. The van der Waals surface area contributed by atoms with E-state index in [9.17, 15) is 9.18 Å². The zero-order chi connectivity index (χ0) is 14.1. The summed E-state index contributed by atoms with van der Waals surface area (Å²) < 4.78 is 18.4. The number of benzene rings is 2. The zero-order valence-electron chi connectivity index (χ0n) is 10.7. The first kappa shape index (κ1) is 12.5. The second kappa shape index (κ2) is 4.85. The van der Waals surface area contributed by atoms with Crippen LogP contribution in [0.25, 0.3) is 0 Å². The van der Waals surface area contributed by atoms with E-state index in [2.05, 4.69) is 5.32 Å². The number of anilines is 2. The maximum Gasteiger partial charge on any atom is 0.255 e. The molecule has 0 radical (unpaired) electrons. The molecule has 0 aliphatic carbocycles. The quantitative estimate of drug-likeness (QED) is 0.826. The number of nitrogen functional groups attached to an aromatic ring is 1. The number of carbonyl (C=O) groups excluding carboxylic acids is 1. The molecule has 0 spiro atoms. The third kappa shape index (κ3) is 2.30. The Hall–Kier alpha value is -2.56. The number of hydrogen-bond donors (Lipinski definition) is 2. The van der Waals surface area contributed by atoms with Gasteiger partial charge < -0.3 is 15.8 Å². The summed E-state index contributed by atoms with van der Waals surface area (Å²) in [5.41, 5.74) is 7.50. The highest BCUT2D eigenvalue weighted by atomic mass is 19.1. The molecule has 3 rings (SSSR count). The minimum Gasteiger partial charge on any atom is -0.493 e. The molecule has 1 aliphatic heterocycles. The summed E-state index contributed by atoms with van der Waals surface area (Å²) in [6.07, 6.45) is 0.806. The molecule has 0 bridgehead atoms. The fourth-order valence-corrected chi connectivity index (χ4v) is 2.15. The Morgan fingerprint density at radius 2 is 2.10 bits per heavy atom. The minimum atomic E-state index is -0.502. The van der Waals surface area contributed by atoms with Crippen molar-refractivity contribution in [2.45, 2.75) is 6.42 Å². The van der Waals surface area contributed by atoms with E-state index in [4.69, 9.17) is 10.5 Å². The highest BCUT2D eigenvalue weighted by Gasteiger charge is 2.15. The Morgan fingerprint density at radius 3 is 2.90 bits per heavy atom. The van der Waals surface area contributed by atoms with Gasteiger partial charge in [-0.15, -0.1) is 0 Å². The van der Waals surface area contributed by atoms with Gasteiger partial charge in [-0.3, -0.25) is 4.79 Å². The lowest BCUT2D eigenvalue weighted by Crippen LogP contribution is -2.12. The van der Waals surface area contributed by atoms with Gasteiger partial charge in [0.15, 0.2) is 0 Å². The monoisotopic (exact) mass is 272 g/mol. The van der Waals surface area contributed by atoms with Gasteiger partial charge in [0.05, 0.1) is 12.3 Å². The number of nitrogens with two attached hydrogens (primary N) is 1. The van der Waals surface area contributed by atoms with Crippen LogP contribution in [0, 0.1) is 5.82 Å². The lowest BCUT2D eigenvalue weighted by atomic mass is 10.1. The van der Waals surface area contributed by atoms with Crippen LogP contribution in [0.4, 0.5) is 15.8 Å². The first-order valence-corrected chi connectivity index (χ1v) is 6.25. The summed E-state index contributed by atoms with van der Waals surface area (Å²) in [6.45, 7) is 0.648. The number of hydrogen-bond acceptors (Lipinski definition) is 3. The molecule has 5 heteroatoms. The van der Waals surface area contributed by atoms with E-state index in [1.54, 1.807) is 12.1 Å². The van der Waals surface area contributed by atoms with Crippen molar-refractivity contribution in [3.05, 3.63) is 53.3 Å². The second-order valence-electron chi connectivity index (χ2n) is 4.61. The lowest BCUT2D eigenvalue weighted by Gasteiger charge is -2.07. The highest BCUT2D eigenvalue weighted by molar-refractivity contribution is 6.04. The summed E-state index contributed by atoms with van der Waals surface area (Å²) in [5.74, 6) is 0.0657. The zero-order valence-corrected chi connectivity index (χ0v) is 10.7. The van der Waals surface area contributed by atoms with E-state index in [1.807, 2.05) is 6.07 Å². The van der Waals surface area contributed by atoms with Crippen LogP contribution in [-0.4, -0.2) is 12.5 Å². The summed E-state index contributed by atoms with van der Waals surface area (Å²) in [7, 11) is 0. The van der Waals surface area contributed by atoms with Crippen LogP contribution in [0.2, 0.25) is 0 Å². The molecule has 0 saturated heterocycles. The largest absolute Gasteiger partial charge is 0.493 e. The Bertz CT molecular complexity index is 686. The SMILES string of the molecule is Nc1cc(NC(=O)c2ccc3c(c2)CCO3)ccc1F. The van der Waals surface area contributed by atoms with Crippen LogP contribution in [0.15, 0.2) is 36.4 Å². The van der Waals surface area contributed by atoms with Crippen LogP contribution < -0.4 is 15.8 Å². The van der Waals surface area contributed by atoms with E-state index in [0.717, 1.165) is 17.7 Å². The highest BCUT2D eigenvalue weighted by Crippen LogP contribution is 2.26. The van der Waals surface area contributed by atoms with Gasteiger partial charge >= 0.3 is 0 Å². The maximum absolute atomic E-state index is 13.1. The molecular weight excluding hydrogens is 259 g/mol. The van der Waals surface area contributed by atoms with E-state index in [-0.39, 0.29) is 11.6 Å². The van der Waals surface area contributed by atoms with Crippen molar-refractivity contribution in [2.24, 2.45) is 0 Å². The molecule has 2 aromatic rings. The van der Waals surface area contributed by atoms with E-state index in [1.165, 1.54) is 18.2 Å². The number of ether oxygens (including phenoxy) is 1. The predicted octanol–water partition coefficient (Wildman–Crippen LogP) is 2.60. The number of carbonyl (C=O) groups is 1. The van der Waals surface area contributed by atoms with Gasteiger partial charge in [-0.1, -0.05) is 0 Å². The van der Waals surface area contributed by atoms with Crippen molar-refractivity contribution in [1.82, 2.24) is 0 Å². The maximum atomic E-state index is 13.1. The van der Waals surface area contributed by atoms with E-state index in [0.29, 0.717) is 17.9 Å². The molecule has 0 aromatic heterocycles. The van der Waals surface area contributed by atoms with Gasteiger partial charge in [-0.05, 0) is 42.0 Å². The summed E-state index contributed by atoms with van der Waals surface area (Å²) in [4.78, 5) is 12.1. The third-order valence-electron chi connectivity index (χ3n) is 3.21. The van der Waals surface area contributed by atoms with Gasteiger partial charge in [-0.2, -0.15) is 0 Å². The smallest absolute Gasteiger partial charge is 0.255 e. The average Bonchev–Trinajstić information content (AvgIpc) is 2.90. The van der Waals surface area contributed by atoms with Crippen molar-refractivity contribution in [2.75, 3.05) is 17.7 Å². The van der Waals surface area contributed by atoms with Crippen molar-refractivity contribution in [1.29, 1.82) is 0 Å². The number of amides is 1. The number of nitrogens with one attached hydrogen (secondary N) is 1. The molecule has 1 heterocycles. The molecule has 102 valence electrons. The summed E-state index contributed by atoms with van der Waals surface area (Å²) in [5, 5.41) is 2.69. The molecule has 2 aromatic carbocycles. The molecule has 20 heavy (non-hydrogen) atoms. The average molecular weight is 272 g/mol. The predicted molar refractivity (Wildman–Crippen MR) is 74.4 cm³/mol. The number of fused-ring (bicyclic) bond motifs is 1. The van der Waals surface area contributed by atoms with Gasteiger partial charge in [0, 0.05) is 17.7 Å². The van der Waals surface area contributed by atoms with Gasteiger partial charge in [0.1, 0.15) is 11.6 Å². The van der Waals surface area contributed by atoms with E-state index >= 15 is 0 Å². The van der Waals surface area contributed by atoms with Gasteiger partial charge in [0.25, 0.3) is 5.91 Å². The molecule has 0 unspecified atom stereocenters. The number of rotatable bonds is 2. The Labute approximate surface area is 115 Å². The standard InChI is InChI=1S/C15H13FN2O2/c16-12-3-2-11(8-13(12)17)18-15(19)10-1-4-14-9(7-10)5-6-20-14/h1-4,7-8H,5-6,17H2,(H,18,19). The number of halogens is 1. The molecule has 3 N–H and O–H groups in total. The third-order valence-corrected chi connectivity index (χ3v) is 3.21. The van der Waals surface area contributed by atoms with Gasteiger partial charge in [0.2, 0.25) is 0 Å². The fourth-order valence-electron chi connectivity index (χ4n) is 2.15. The molecule has 1 amide bonds. The summed E-state index contributed by atoms with van der Waals surface area (Å²) in [6, 6.07) is 9.39. The van der Waals surface area contributed by atoms with Crippen LogP contribution >= 0.6 is 0 Å². The fraction of sp³-hybridized carbons (Fsp3) is 0.133. The van der Waals surface area contributed by atoms with Crippen LogP contribution in [0.1, 0.15) is 15.9 Å². The van der Waals surface area contributed by atoms with Crippen molar-refractivity contribution >= 4 is 17.3 Å². The first-order chi connectivity index (χ1) is 9.63. The minimum absolute atomic E-state index is 0.00477. The molecule has 0 fully saturated rings. The lowest BCUT2D eigenvalue weighted by molar-refractivity contribution is 0.102.